The molecule has 0 fully saturated rings. The fraction of sp³-hybridized carbons (Fsp3) is 0.133. The third-order valence-corrected chi connectivity index (χ3v) is 4.97. The Morgan fingerprint density at radius 1 is 1.14 bits per heavy atom. The number of hydrogen-bond acceptors (Lipinski definition) is 4. The van der Waals surface area contributed by atoms with E-state index < -0.39 is 10.0 Å². The summed E-state index contributed by atoms with van der Waals surface area (Å²) in [6.45, 7) is 0. The zero-order valence-corrected chi connectivity index (χ0v) is 12.9. The van der Waals surface area contributed by atoms with E-state index in [0.29, 0.717) is 11.3 Å². The Bertz CT molecular complexity index is 944. The van der Waals surface area contributed by atoms with Crippen molar-refractivity contribution in [2.24, 2.45) is 7.05 Å². The summed E-state index contributed by atoms with van der Waals surface area (Å²) in [6.07, 6.45) is 0. The van der Waals surface area contributed by atoms with Crippen LogP contribution in [-0.2, 0) is 17.1 Å². The molecule has 2 N–H and O–H groups in total. The van der Waals surface area contributed by atoms with Crippen molar-refractivity contribution in [2.75, 3.05) is 7.05 Å². The Morgan fingerprint density at radius 3 is 2.45 bits per heavy atom. The predicted octanol–water partition coefficient (Wildman–Crippen LogP) is 1.85. The number of nitrogens with zero attached hydrogens (tertiary/aromatic N) is 2. The molecule has 0 aliphatic rings. The lowest BCUT2D eigenvalue weighted by Gasteiger charge is -2.03. The van der Waals surface area contributed by atoms with Gasteiger partial charge in [-0.15, -0.1) is 0 Å². The van der Waals surface area contributed by atoms with E-state index in [0.717, 1.165) is 11.1 Å². The van der Waals surface area contributed by atoms with Gasteiger partial charge in [0.15, 0.2) is 0 Å². The molecule has 0 aliphatic carbocycles. The van der Waals surface area contributed by atoms with Crippen molar-refractivity contribution in [2.45, 2.75) is 4.90 Å². The van der Waals surface area contributed by atoms with E-state index in [2.05, 4.69) is 9.71 Å². The van der Waals surface area contributed by atoms with Crippen molar-refractivity contribution in [3.05, 3.63) is 42.5 Å². The van der Waals surface area contributed by atoms with E-state index in [1.165, 1.54) is 7.05 Å². The molecule has 0 radical (unpaired) electrons. The average molecular weight is 317 g/mol. The summed E-state index contributed by atoms with van der Waals surface area (Å²) in [4.78, 5) is 4.69. The van der Waals surface area contributed by atoms with E-state index in [1.807, 2.05) is 11.6 Å². The van der Waals surface area contributed by atoms with Gasteiger partial charge < -0.3 is 9.67 Å². The standard InChI is InChI=1S/C15H15N3O3S/c1-16-22(20,21)12-7-8-14-13(9-12)17-15(18(14)2)10-3-5-11(19)6-4-10/h3-9,16,19H,1-2H3. The maximum atomic E-state index is 11.9. The molecule has 1 aromatic heterocycles. The molecule has 0 aliphatic heterocycles. The first-order valence-corrected chi connectivity index (χ1v) is 8.10. The van der Waals surface area contributed by atoms with Crippen LogP contribution in [0.25, 0.3) is 22.4 Å². The van der Waals surface area contributed by atoms with Crippen molar-refractivity contribution in [1.29, 1.82) is 0 Å². The van der Waals surface area contributed by atoms with Crippen LogP contribution in [0.5, 0.6) is 5.75 Å². The van der Waals surface area contributed by atoms with Gasteiger partial charge in [-0.3, -0.25) is 0 Å². The molecular formula is C15H15N3O3S. The molecule has 22 heavy (non-hydrogen) atoms. The highest BCUT2D eigenvalue weighted by Gasteiger charge is 2.15. The van der Waals surface area contributed by atoms with Gasteiger partial charge >= 0.3 is 0 Å². The highest BCUT2D eigenvalue weighted by atomic mass is 32.2. The van der Waals surface area contributed by atoms with E-state index >= 15 is 0 Å². The second-order valence-corrected chi connectivity index (χ2v) is 6.79. The number of fused-ring (bicyclic) bond motifs is 1. The number of rotatable bonds is 3. The summed E-state index contributed by atoms with van der Waals surface area (Å²) < 4.78 is 27.9. The number of benzene rings is 2. The summed E-state index contributed by atoms with van der Waals surface area (Å²) >= 11 is 0. The molecule has 7 heteroatoms. The van der Waals surface area contributed by atoms with Crippen LogP contribution in [0.3, 0.4) is 0 Å². The minimum absolute atomic E-state index is 0.179. The molecule has 3 rings (SSSR count). The molecule has 0 amide bonds. The lowest BCUT2D eigenvalue weighted by atomic mass is 10.2. The molecule has 0 saturated carbocycles. The Morgan fingerprint density at radius 2 is 1.82 bits per heavy atom. The minimum atomic E-state index is -3.50. The monoisotopic (exact) mass is 317 g/mol. The largest absolute Gasteiger partial charge is 0.508 e. The Hall–Kier alpha value is -2.38. The van der Waals surface area contributed by atoms with Crippen LogP contribution in [0.1, 0.15) is 0 Å². The maximum absolute atomic E-state index is 11.9. The molecule has 1 heterocycles. The summed E-state index contributed by atoms with van der Waals surface area (Å²) in [5.41, 5.74) is 2.27. The normalized spacial score (nSPS) is 11.9. The quantitative estimate of drug-likeness (QED) is 0.772. The molecule has 6 nitrogen and oxygen atoms in total. The lowest BCUT2D eigenvalue weighted by molar-refractivity contribution is 0.475. The molecule has 0 spiro atoms. The molecular weight excluding hydrogens is 302 g/mol. The lowest BCUT2D eigenvalue weighted by Crippen LogP contribution is -2.18. The Kier molecular flexibility index (Phi) is 3.38. The fourth-order valence-electron chi connectivity index (χ4n) is 2.33. The van der Waals surface area contributed by atoms with E-state index in [-0.39, 0.29) is 10.6 Å². The highest BCUT2D eigenvalue weighted by molar-refractivity contribution is 7.89. The SMILES string of the molecule is CNS(=O)(=O)c1ccc2c(c1)nc(-c1ccc(O)cc1)n2C. The van der Waals surface area contributed by atoms with Crippen molar-refractivity contribution in [3.63, 3.8) is 0 Å². The number of phenolic OH excluding ortho intramolecular Hbond substituents is 1. The molecule has 114 valence electrons. The van der Waals surface area contributed by atoms with Crippen LogP contribution in [-0.4, -0.2) is 30.1 Å². The van der Waals surface area contributed by atoms with Crippen molar-refractivity contribution in [3.8, 4) is 17.1 Å². The van der Waals surface area contributed by atoms with Crippen LogP contribution >= 0.6 is 0 Å². The van der Waals surface area contributed by atoms with Crippen LogP contribution < -0.4 is 4.72 Å². The van der Waals surface area contributed by atoms with Crippen LogP contribution in [0, 0.1) is 0 Å². The number of imidazole rings is 1. The molecule has 3 aromatic rings. The molecule has 0 atom stereocenters. The zero-order chi connectivity index (χ0) is 15.9. The predicted molar refractivity (Wildman–Crippen MR) is 84.1 cm³/mol. The zero-order valence-electron chi connectivity index (χ0n) is 12.1. The Labute approximate surface area is 128 Å². The van der Waals surface area contributed by atoms with Crippen LogP contribution in [0.2, 0.25) is 0 Å². The summed E-state index contributed by atoms with van der Waals surface area (Å²) in [5, 5.41) is 9.36. The molecule has 0 bridgehead atoms. The van der Waals surface area contributed by atoms with Gasteiger partial charge in [-0.1, -0.05) is 0 Å². The number of sulfonamides is 1. The first-order valence-electron chi connectivity index (χ1n) is 6.62. The van der Waals surface area contributed by atoms with Gasteiger partial charge in [0.2, 0.25) is 10.0 Å². The summed E-state index contributed by atoms with van der Waals surface area (Å²) in [7, 11) is -0.256. The van der Waals surface area contributed by atoms with Crippen molar-refractivity contribution >= 4 is 21.1 Å². The van der Waals surface area contributed by atoms with Crippen molar-refractivity contribution < 1.29 is 13.5 Å². The third kappa shape index (κ3) is 2.34. The van der Waals surface area contributed by atoms with Crippen molar-refractivity contribution in [1.82, 2.24) is 14.3 Å². The minimum Gasteiger partial charge on any atom is -0.508 e. The van der Waals surface area contributed by atoms with E-state index in [9.17, 15) is 13.5 Å². The van der Waals surface area contributed by atoms with E-state index in [4.69, 9.17) is 0 Å². The second-order valence-electron chi connectivity index (χ2n) is 4.90. The van der Waals surface area contributed by atoms with Crippen LogP contribution in [0.15, 0.2) is 47.4 Å². The van der Waals surface area contributed by atoms with Gasteiger partial charge in [0.1, 0.15) is 11.6 Å². The van der Waals surface area contributed by atoms with Gasteiger partial charge in [0.25, 0.3) is 0 Å². The van der Waals surface area contributed by atoms with Crippen LogP contribution in [0.4, 0.5) is 0 Å². The van der Waals surface area contributed by atoms with Gasteiger partial charge in [0, 0.05) is 12.6 Å². The number of aromatic nitrogens is 2. The van der Waals surface area contributed by atoms with Gasteiger partial charge in [-0.05, 0) is 49.5 Å². The van der Waals surface area contributed by atoms with Gasteiger partial charge in [0.05, 0.1) is 15.9 Å². The number of aromatic hydroxyl groups is 1. The fourth-order valence-corrected chi connectivity index (χ4v) is 3.08. The second kappa shape index (κ2) is 5.11. The number of aryl methyl sites for hydroxylation is 1. The maximum Gasteiger partial charge on any atom is 0.240 e. The summed E-state index contributed by atoms with van der Waals surface area (Å²) in [5.74, 6) is 0.888. The smallest absolute Gasteiger partial charge is 0.240 e. The Balaban J connectivity index is 2.19. The first kappa shape index (κ1) is 14.6. The number of phenols is 1. The third-order valence-electron chi connectivity index (χ3n) is 3.56. The topological polar surface area (TPSA) is 84.2 Å². The van der Waals surface area contributed by atoms with Gasteiger partial charge in [-0.25, -0.2) is 18.1 Å². The van der Waals surface area contributed by atoms with E-state index in [1.54, 1.807) is 42.5 Å². The first-order chi connectivity index (χ1) is 10.4. The van der Waals surface area contributed by atoms with Gasteiger partial charge in [-0.2, -0.15) is 0 Å². The highest BCUT2D eigenvalue weighted by Crippen LogP contribution is 2.26. The number of nitrogens with one attached hydrogen (secondary N) is 1. The molecule has 0 saturated heterocycles. The molecule has 0 unspecified atom stereocenters. The average Bonchev–Trinajstić information content (AvgIpc) is 2.85. The molecule has 2 aromatic carbocycles. The number of hydrogen-bond donors (Lipinski definition) is 2. The summed E-state index contributed by atoms with van der Waals surface area (Å²) in [6, 6.07) is 11.5.